The Morgan fingerprint density at radius 2 is 1.65 bits per heavy atom. The number of rotatable bonds is 1. The van der Waals surface area contributed by atoms with Crippen LogP contribution in [0, 0.1) is 0 Å². The lowest BCUT2D eigenvalue weighted by atomic mass is 10.1. The number of benzene rings is 1. The lowest BCUT2D eigenvalue weighted by molar-refractivity contribution is 0.0879. The molecule has 17 heavy (non-hydrogen) atoms. The largest absolute Gasteiger partial charge is 0.338 e. The van der Waals surface area contributed by atoms with Gasteiger partial charge in [-0.05, 0) is 23.9 Å². The number of thiol groups is 1. The van der Waals surface area contributed by atoms with E-state index >= 15 is 0 Å². The van der Waals surface area contributed by atoms with Crippen molar-refractivity contribution in [1.82, 2.24) is 5.32 Å². The van der Waals surface area contributed by atoms with Gasteiger partial charge in [0.1, 0.15) is 0 Å². The molecule has 2 rings (SSSR count). The molecule has 1 atom stereocenters. The summed E-state index contributed by atoms with van der Waals surface area (Å²) in [4.78, 5) is 30.3. The minimum Gasteiger partial charge on any atom is -0.338 e. The van der Waals surface area contributed by atoms with Crippen LogP contribution in [0.25, 0.3) is 0 Å². The molecular weight excluding hydrogens is 281 g/mol. The molecule has 1 aromatic carbocycles. The Kier molecular flexibility index (Phi) is 4.85. The van der Waals surface area contributed by atoms with Gasteiger partial charge in [-0.2, -0.15) is 0 Å². The van der Waals surface area contributed by atoms with Crippen molar-refractivity contribution in [2.75, 3.05) is 7.11 Å². The molecule has 5 nitrogen and oxygen atoms in total. The minimum absolute atomic E-state index is 0.300. The fourth-order valence-corrected chi connectivity index (χ4v) is 1.12. The van der Waals surface area contributed by atoms with E-state index in [4.69, 9.17) is 4.89 Å². The second-order valence-corrected chi connectivity index (χ2v) is 8.27. The molecule has 0 bridgehead atoms. The number of imide groups is 1. The molecule has 0 spiro atoms. The first-order valence-corrected chi connectivity index (χ1v) is 8.23. The number of carbonyl (C=O) groups is 2. The van der Waals surface area contributed by atoms with Crippen molar-refractivity contribution in [1.29, 1.82) is 0 Å². The van der Waals surface area contributed by atoms with Crippen molar-refractivity contribution < 1.29 is 19.0 Å². The van der Waals surface area contributed by atoms with Crippen LogP contribution >= 0.6 is 17.9 Å². The van der Waals surface area contributed by atoms with Crippen LogP contribution in [0.4, 0.5) is 0 Å². The van der Waals surface area contributed by atoms with Gasteiger partial charge in [0.2, 0.25) is 5.69 Å². The minimum atomic E-state index is -2.62. The molecule has 2 amide bonds. The van der Waals surface area contributed by atoms with Gasteiger partial charge < -0.3 is 9.42 Å². The summed E-state index contributed by atoms with van der Waals surface area (Å²) in [7, 11) is 1.33. The number of hydrogen-bond donors (Lipinski definition) is 3. The molecule has 0 aromatic heterocycles. The highest BCUT2D eigenvalue weighted by molar-refractivity contribution is 8.59. The average molecular weight is 291 g/mol. The standard InChI is InChI=1S/C8H5NO2.CH5O2PS2/c10-7-5-3-1-2-4-6(5)8(11)9-7;1-3-4(2,5)6/h1-4H,(H,9,10,11);1H3,(H2,2,5,6). The van der Waals surface area contributed by atoms with Gasteiger partial charge in [0.05, 0.1) is 11.1 Å². The van der Waals surface area contributed by atoms with E-state index in [-0.39, 0.29) is 11.8 Å². The molecule has 1 unspecified atom stereocenters. The Hall–Kier alpha value is -0.720. The molecule has 92 valence electrons. The summed E-state index contributed by atoms with van der Waals surface area (Å²) in [5.74, 6) is -0.601. The third kappa shape index (κ3) is 4.22. The highest BCUT2D eigenvalue weighted by Gasteiger charge is 2.25. The zero-order valence-corrected chi connectivity index (χ0v) is 11.4. The maximum absolute atomic E-state index is 10.9. The zero-order valence-electron chi connectivity index (χ0n) is 8.78. The van der Waals surface area contributed by atoms with Gasteiger partial charge in [0.15, 0.2) is 0 Å². The van der Waals surface area contributed by atoms with Crippen molar-refractivity contribution in [3.8, 4) is 0 Å². The SMILES string of the molecule is COP(O)(=S)S.O=C1NC(=O)c2ccccc21. The third-order valence-corrected chi connectivity index (χ3v) is 3.29. The molecule has 1 aliphatic rings. The molecular formula is C9H10NO4PS2. The fourth-order valence-electron chi connectivity index (χ4n) is 1.12. The van der Waals surface area contributed by atoms with Crippen LogP contribution in [0.15, 0.2) is 24.3 Å². The van der Waals surface area contributed by atoms with Crippen LogP contribution in [0.5, 0.6) is 0 Å². The average Bonchev–Trinajstić information content (AvgIpc) is 2.56. The highest BCUT2D eigenvalue weighted by Crippen LogP contribution is 2.45. The second kappa shape index (κ2) is 5.75. The summed E-state index contributed by atoms with van der Waals surface area (Å²) in [6.07, 6.45) is 0. The molecule has 1 heterocycles. The van der Waals surface area contributed by atoms with Gasteiger partial charge in [0, 0.05) is 7.11 Å². The Morgan fingerprint density at radius 1 is 1.29 bits per heavy atom. The second-order valence-electron chi connectivity index (χ2n) is 3.00. The van der Waals surface area contributed by atoms with E-state index in [1.165, 1.54) is 7.11 Å². The lowest BCUT2D eigenvalue weighted by Gasteiger charge is -1.99. The van der Waals surface area contributed by atoms with Crippen molar-refractivity contribution in [3.05, 3.63) is 35.4 Å². The summed E-state index contributed by atoms with van der Waals surface area (Å²) >= 11 is 7.81. The van der Waals surface area contributed by atoms with Gasteiger partial charge in [-0.15, -0.1) is 0 Å². The van der Waals surface area contributed by atoms with Crippen molar-refractivity contribution in [2.24, 2.45) is 0 Å². The predicted molar refractivity (Wildman–Crippen MR) is 70.7 cm³/mol. The molecule has 2 N–H and O–H groups in total. The highest BCUT2D eigenvalue weighted by atomic mass is 32.9. The summed E-state index contributed by atoms with van der Waals surface area (Å²) in [5, 5.41) is 2.20. The number of amides is 2. The van der Waals surface area contributed by atoms with Crippen molar-refractivity contribution in [2.45, 2.75) is 0 Å². The summed E-state index contributed by atoms with van der Waals surface area (Å²) in [6, 6.07) is 6.74. The molecule has 1 aromatic rings. The molecule has 1 aliphatic heterocycles. The van der Waals surface area contributed by atoms with Gasteiger partial charge in [-0.25, -0.2) is 0 Å². The topological polar surface area (TPSA) is 75.6 Å². The number of carbonyl (C=O) groups excluding carboxylic acids is 2. The molecule has 0 fully saturated rings. The quantitative estimate of drug-likeness (QED) is 0.414. The van der Waals surface area contributed by atoms with Gasteiger partial charge in [-0.1, -0.05) is 24.4 Å². The van der Waals surface area contributed by atoms with Gasteiger partial charge in [-0.3, -0.25) is 14.9 Å². The summed E-state index contributed by atoms with van der Waals surface area (Å²) in [5.41, 5.74) is -1.68. The van der Waals surface area contributed by atoms with Crippen LogP contribution < -0.4 is 5.32 Å². The maximum atomic E-state index is 10.9. The molecule has 0 saturated heterocycles. The first-order chi connectivity index (χ1) is 7.85. The Labute approximate surface area is 109 Å². The first-order valence-electron chi connectivity index (χ1n) is 4.41. The van der Waals surface area contributed by atoms with Gasteiger partial charge in [0.25, 0.3) is 11.8 Å². The Morgan fingerprint density at radius 3 is 1.94 bits per heavy atom. The van der Waals surface area contributed by atoms with E-state index in [2.05, 4.69) is 33.9 Å². The van der Waals surface area contributed by atoms with E-state index in [0.29, 0.717) is 11.1 Å². The Balaban J connectivity index is 0.000000209. The van der Waals surface area contributed by atoms with Crippen LogP contribution in [-0.4, -0.2) is 23.8 Å². The fraction of sp³-hybridized carbons (Fsp3) is 0.111. The smallest absolute Gasteiger partial charge is 0.258 e. The lowest BCUT2D eigenvalue weighted by Crippen LogP contribution is -2.19. The first kappa shape index (κ1) is 14.3. The van der Waals surface area contributed by atoms with E-state index < -0.39 is 5.69 Å². The number of nitrogens with one attached hydrogen (secondary N) is 1. The predicted octanol–water partition coefficient (Wildman–Crippen LogP) is 1.35. The molecule has 0 aliphatic carbocycles. The van der Waals surface area contributed by atoms with E-state index in [1.54, 1.807) is 24.3 Å². The molecule has 0 saturated carbocycles. The van der Waals surface area contributed by atoms with Crippen LogP contribution in [0.2, 0.25) is 0 Å². The van der Waals surface area contributed by atoms with Gasteiger partial charge >= 0.3 is 0 Å². The van der Waals surface area contributed by atoms with Crippen LogP contribution in [-0.2, 0) is 16.3 Å². The zero-order chi connectivity index (χ0) is 13.1. The van der Waals surface area contributed by atoms with E-state index in [9.17, 15) is 9.59 Å². The summed E-state index contributed by atoms with van der Waals surface area (Å²) in [6.45, 7) is 0. The normalized spacial score (nSPS) is 16.4. The van der Waals surface area contributed by atoms with Crippen molar-refractivity contribution >= 4 is 41.6 Å². The third-order valence-electron chi connectivity index (χ3n) is 1.88. The van der Waals surface area contributed by atoms with Crippen LogP contribution in [0.1, 0.15) is 20.7 Å². The monoisotopic (exact) mass is 291 g/mol. The van der Waals surface area contributed by atoms with E-state index in [0.717, 1.165) is 0 Å². The molecule has 0 radical (unpaired) electrons. The molecule has 8 heteroatoms. The Bertz CT molecular complexity index is 467. The number of fused-ring (bicyclic) bond motifs is 1. The number of hydrogen-bond acceptors (Lipinski definition) is 4. The van der Waals surface area contributed by atoms with E-state index in [1.807, 2.05) is 0 Å². The van der Waals surface area contributed by atoms with Crippen LogP contribution in [0.3, 0.4) is 0 Å². The summed E-state index contributed by atoms with van der Waals surface area (Å²) < 4.78 is 4.28. The maximum Gasteiger partial charge on any atom is 0.258 e. The van der Waals surface area contributed by atoms with Crippen molar-refractivity contribution in [3.63, 3.8) is 0 Å².